The fourth-order valence-electron chi connectivity index (χ4n) is 3.25. The maximum Gasteiger partial charge on any atom is 0.309 e. The van der Waals surface area contributed by atoms with Crippen molar-refractivity contribution < 1.29 is 14.3 Å². The van der Waals surface area contributed by atoms with E-state index in [9.17, 15) is 9.59 Å². The third-order valence-electron chi connectivity index (χ3n) is 4.57. The first-order valence-electron chi connectivity index (χ1n) is 8.35. The van der Waals surface area contributed by atoms with Crippen LogP contribution in [0.15, 0.2) is 42.5 Å². The van der Waals surface area contributed by atoms with Crippen molar-refractivity contribution in [3.8, 4) is 0 Å². The van der Waals surface area contributed by atoms with Crippen LogP contribution in [0.1, 0.15) is 31.2 Å². The van der Waals surface area contributed by atoms with E-state index in [2.05, 4.69) is 12.2 Å². The van der Waals surface area contributed by atoms with E-state index in [-0.39, 0.29) is 23.7 Å². The first-order valence-corrected chi connectivity index (χ1v) is 8.35. The molecule has 23 heavy (non-hydrogen) atoms. The van der Waals surface area contributed by atoms with E-state index >= 15 is 0 Å². The Kier molecular flexibility index (Phi) is 5.11. The molecule has 122 valence electrons. The molecule has 2 unspecified atom stereocenters. The SMILES string of the molecule is O=C(OCC1CC(=O)N(Cc2ccccc2)C1)C1CC=CCC1. The Morgan fingerprint density at radius 3 is 2.78 bits per heavy atom. The number of benzene rings is 1. The topological polar surface area (TPSA) is 46.6 Å². The van der Waals surface area contributed by atoms with Crippen LogP contribution in [0.25, 0.3) is 0 Å². The second-order valence-electron chi connectivity index (χ2n) is 6.44. The zero-order valence-corrected chi connectivity index (χ0v) is 13.3. The van der Waals surface area contributed by atoms with Crippen LogP contribution in [0.3, 0.4) is 0 Å². The second-order valence-corrected chi connectivity index (χ2v) is 6.44. The van der Waals surface area contributed by atoms with Crippen LogP contribution < -0.4 is 0 Å². The summed E-state index contributed by atoms with van der Waals surface area (Å²) >= 11 is 0. The predicted molar refractivity (Wildman–Crippen MR) is 87.4 cm³/mol. The first kappa shape index (κ1) is 15.8. The number of amides is 1. The van der Waals surface area contributed by atoms with Gasteiger partial charge < -0.3 is 9.64 Å². The predicted octanol–water partition coefficient (Wildman–Crippen LogP) is 2.93. The lowest BCUT2D eigenvalue weighted by molar-refractivity contribution is -0.150. The standard InChI is InChI=1S/C19H23NO3/c21-18-11-16(13-20(18)12-15-7-3-1-4-8-15)14-23-19(22)17-9-5-2-6-10-17/h1-5,7-8,16-17H,6,9-14H2. The summed E-state index contributed by atoms with van der Waals surface area (Å²) in [5.74, 6) is 0.158. The van der Waals surface area contributed by atoms with Crippen LogP contribution in [0.2, 0.25) is 0 Å². The molecule has 2 aliphatic rings. The molecule has 1 aliphatic carbocycles. The Morgan fingerprint density at radius 1 is 1.22 bits per heavy atom. The minimum absolute atomic E-state index is 0.00229. The normalized spacial score (nSPS) is 24.0. The molecule has 1 aliphatic heterocycles. The fourth-order valence-corrected chi connectivity index (χ4v) is 3.25. The molecule has 1 aromatic rings. The molecule has 4 nitrogen and oxygen atoms in total. The van der Waals surface area contributed by atoms with Gasteiger partial charge in [0.2, 0.25) is 5.91 Å². The van der Waals surface area contributed by atoms with E-state index in [0.717, 1.165) is 24.8 Å². The highest BCUT2D eigenvalue weighted by atomic mass is 16.5. The van der Waals surface area contributed by atoms with Crippen molar-refractivity contribution in [2.45, 2.75) is 32.2 Å². The zero-order chi connectivity index (χ0) is 16.1. The van der Waals surface area contributed by atoms with Crippen molar-refractivity contribution in [1.82, 2.24) is 4.90 Å². The molecule has 0 N–H and O–H groups in total. The minimum atomic E-state index is -0.108. The van der Waals surface area contributed by atoms with Gasteiger partial charge >= 0.3 is 5.97 Å². The number of rotatable bonds is 5. The number of carbonyl (C=O) groups excluding carboxylic acids is 2. The lowest BCUT2D eigenvalue weighted by Crippen LogP contribution is -2.26. The number of carbonyl (C=O) groups is 2. The highest BCUT2D eigenvalue weighted by molar-refractivity contribution is 5.78. The summed E-state index contributed by atoms with van der Waals surface area (Å²) in [4.78, 5) is 26.0. The smallest absolute Gasteiger partial charge is 0.309 e. The molecule has 0 radical (unpaired) electrons. The fraction of sp³-hybridized carbons (Fsp3) is 0.474. The van der Waals surface area contributed by atoms with Crippen molar-refractivity contribution in [2.24, 2.45) is 11.8 Å². The maximum absolute atomic E-state index is 12.1. The van der Waals surface area contributed by atoms with Crippen molar-refractivity contribution in [3.63, 3.8) is 0 Å². The molecule has 0 bridgehead atoms. The Morgan fingerprint density at radius 2 is 2.04 bits per heavy atom. The number of ether oxygens (including phenoxy) is 1. The minimum Gasteiger partial charge on any atom is -0.465 e. The van der Waals surface area contributed by atoms with Gasteiger partial charge in [0.15, 0.2) is 0 Å². The largest absolute Gasteiger partial charge is 0.465 e. The molecule has 0 aromatic heterocycles. The highest BCUT2D eigenvalue weighted by Gasteiger charge is 2.31. The third-order valence-corrected chi connectivity index (χ3v) is 4.57. The summed E-state index contributed by atoms with van der Waals surface area (Å²) in [5.41, 5.74) is 1.13. The molecule has 1 aromatic carbocycles. The maximum atomic E-state index is 12.1. The molecule has 1 fully saturated rings. The van der Waals surface area contributed by atoms with Crippen LogP contribution in [0.5, 0.6) is 0 Å². The summed E-state index contributed by atoms with van der Waals surface area (Å²) in [6.45, 7) is 1.67. The molecular formula is C19H23NO3. The van der Waals surface area contributed by atoms with Gasteiger partial charge in [0.25, 0.3) is 0 Å². The second kappa shape index (κ2) is 7.44. The van der Waals surface area contributed by atoms with Crippen molar-refractivity contribution in [1.29, 1.82) is 0 Å². The highest BCUT2D eigenvalue weighted by Crippen LogP contribution is 2.23. The Balaban J connectivity index is 1.46. The van der Waals surface area contributed by atoms with Crippen molar-refractivity contribution in [2.75, 3.05) is 13.2 Å². The molecule has 1 amide bonds. The number of hydrogen-bond donors (Lipinski definition) is 0. The van der Waals surface area contributed by atoms with E-state index in [0.29, 0.717) is 26.1 Å². The van der Waals surface area contributed by atoms with Gasteiger partial charge in [0.1, 0.15) is 0 Å². The summed E-state index contributed by atoms with van der Waals surface area (Å²) in [6, 6.07) is 9.98. The molecule has 1 heterocycles. The number of allylic oxidation sites excluding steroid dienone is 2. The van der Waals surface area contributed by atoms with Gasteiger partial charge in [-0.1, -0.05) is 42.5 Å². The van der Waals surface area contributed by atoms with E-state index in [1.54, 1.807) is 0 Å². The van der Waals surface area contributed by atoms with Gasteiger partial charge in [-0.15, -0.1) is 0 Å². The number of esters is 1. The van der Waals surface area contributed by atoms with Crippen molar-refractivity contribution in [3.05, 3.63) is 48.0 Å². The Hall–Kier alpha value is -2.10. The lowest BCUT2D eigenvalue weighted by Gasteiger charge is -2.19. The number of hydrogen-bond acceptors (Lipinski definition) is 3. The lowest BCUT2D eigenvalue weighted by atomic mass is 9.95. The van der Waals surface area contributed by atoms with Gasteiger partial charge in [0.05, 0.1) is 12.5 Å². The quantitative estimate of drug-likeness (QED) is 0.620. The van der Waals surface area contributed by atoms with Crippen LogP contribution in [-0.2, 0) is 20.9 Å². The molecule has 0 saturated carbocycles. The number of likely N-dealkylation sites (tertiary alicyclic amines) is 1. The summed E-state index contributed by atoms with van der Waals surface area (Å²) in [5, 5.41) is 0. The van der Waals surface area contributed by atoms with E-state index in [4.69, 9.17) is 4.74 Å². The average Bonchev–Trinajstić information content (AvgIpc) is 2.94. The van der Waals surface area contributed by atoms with Crippen molar-refractivity contribution >= 4 is 11.9 Å². The molecule has 2 atom stereocenters. The van der Waals surface area contributed by atoms with E-state index < -0.39 is 0 Å². The van der Waals surface area contributed by atoms with Gasteiger partial charge in [-0.25, -0.2) is 0 Å². The summed E-state index contributed by atoms with van der Waals surface area (Å²) in [6.07, 6.45) is 7.25. The summed E-state index contributed by atoms with van der Waals surface area (Å²) in [7, 11) is 0. The Bertz CT molecular complexity index is 582. The van der Waals surface area contributed by atoms with Gasteiger partial charge in [-0.2, -0.15) is 0 Å². The Labute approximate surface area is 137 Å². The number of nitrogens with zero attached hydrogens (tertiary/aromatic N) is 1. The van der Waals surface area contributed by atoms with E-state index in [1.807, 2.05) is 35.2 Å². The first-order chi connectivity index (χ1) is 11.2. The van der Waals surface area contributed by atoms with Crippen LogP contribution in [0.4, 0.5) is 0 Å². The average molecular weight is 313 g/mol. The third kappa shape index (κ3) is 4.21. The zero-order valence-electron chi connectivity index (χ0n) is 13.3. The molecular weight excluding hydrogens is 290 g/mol. The molecule has 1 saturated heterocycles. The van der Waals surface area contributed by atoms with Gasteiger partial charge in [-0.05, 0) is 24.8 Å². The van der Waals surface area contributed by atoms with Gasteiger partial charge in [0, 0.05) is 25.4 Å². The molecule has 0 spiro atoms. The van der Waals surface area contributed by atoms with Crippen LogP contribution in [-0.4, -0.2) is 29.9 Å². The van der Waals surface area contributed by atoms with Gasteiger partial charge in [-0.3, -0.25) is 9.59 Å². The molecule has 3 rings (SSSR count). The summed E-state index contributed by atoms with van der Waals surface area (Å²) < 4.78 is 5.46. The monoisotopic (exact) mass is 313 g/mol. The molecule has 4 heteroatoms. The van der Waals surface area contributed by atoms with Crippen LogP contribution in [0, 0.1) is 11.8 Å². The van der Waals surface area contributed by atoms with E-state index in [1.165, 1.54) is 0 Å². The van der Waals surface area contributed by atoms with Crippen LogP contribution >= 0.6 is 0 Å².